The van der Waals surface area contributed by atoms with Crippen LogP contribution in [0.15, 0.2) is 0 Å². The summed E-state index contributed by atoms with van der Waals surface area (Å²) in [7, 11) is 0. The lowest BCUT2D eigenvalue weighted by atomic mass is 10.1. The smallest absolute Gasteiger partial charge is 0.322 e. The first-order valence-corrected chi connectivity index (χ1v) is 8.50. The van der Waals surface area contributed by atoms with Gasteiger partial charge in [0.25, 0.3) is 0 Å². The van der Waals surface area contributed by atoms with Crippen LogP contribution in [0.5, 0.6) is 0 Å². The molecule has 0 aliphatic carbocycles. The molecule has 0 bridgehead atoms. The fraction of sp³-hybridized carbons (Fsp3) is 0.857. The zero-order valence-electron chi connectivity index (χ0n) is 12.9. The van der Waals surface area contributed by atoms with Crippen molar-refractivity contribution in [2.75, 3.05) is 32.8 Å². The van der Waals surface area contributed by atoms with Gasteiger partial charge in [0, 0.05) is 31.8 Å². The Balaban J connectivity index is 2.33. The lowest BCUT2D eigenvalue weighted by Crippen LogP contribution is -2.41. The Morgan fingerprint density at radius 1 is 1.14 bits per heavy atom. The normalized spacial score (nSPS) is 15.9. The van der Waals surface area contributed by atoms with Gasteiger partial charge in [0.05, 0.1) is 13.2 Å². The number of unbranched alkanes of at least 4 members (excludes halogenated alkanes) is 5. The van der Waals surface area contributed by atoms with Gasteiger partial charge >= 0.3 is 11.8 Å². The Kier molecular flexibility index (Phi) is 9.45. The summed E-state index contributed by atoms with van der Waals surface area (Å²) in [4.78, 5) is 23.0. The van der Waals surface area contributed by atoms with Crippen molar-refractivity contribution in [2.24, 2.45) is 5.73 Å². The molecule has 0 aromatic heterocycles. The number of carbonyl (C=O) groups excluding carboxylic acids is 2. The minimum absolute atomic E-state index is 0.565. The summed E-state index contributed by atoms with van der Waals surface area (Å²) in [5.74, 6) is -1.50. The highest BCUT2D eigenvalue weighted by atomic mass is 32.2. The van der Waals surface area contributed by atoms with Crippen LogP contribution in [-0.4, -0.2) is 53.3 Å². The van der Waals surface area contributed by atoms with Crippen molar-refractivity contribution >= 4 is 23.9 Å². The van der Waals surface area contributed by atoms with Gasteiger partial charge < -0.3 is 10.5 Å². The molecule has 1 saturated heterocycles. The third-order valence-electron chi connectivity index (χ3n) is 3.34. The second-order valence-electron chi connectivity index (χ2n) is 5.16. The van der Waals surface area contributed by atoms with E-state index in [0.717, 1.165) is 25.9 Å². The van der Waals surface area contributed by atoms with Crippen LogP contribution in [0.3, 0.4) is 0 Å². The predicted octanol–water partition coefficient (Wildman–Crippen LogP) is 1.56. The number of carbonyl (C=O) groups is 2. The first-order valence-electron chi connectivity index (χ1n) is 7.77. The lowest BCUT2D eigenvalue weighted by molar-refractivity contribution is -0.140. The summed E-state index contributed by atoms with van der Waals surface area (Å²) in [6.07, 6.45) is 6.86. The number of hydrogen-bond donors (Lipinski definition) is 1. The fourth-order valence-electron chi connectivity index (χ4n) is 2.11. The SMILES string of the molecule is CCCCCCCCN(SN1CCOCC1)C(=O)C(N)=O. The molecule has 2 amide bonds. The average molecular weight is 317 g/mol. The van der Waals surface area contributed by atoms with E-state index in [0.29, 0.717) is 19.8 Å². The molecule has 1 aliphatic heterocycles. The Morgan fingerprint density at radius 3 is 2.38 bits per heavy atom. The highest BCUT2D eigenvalue weighted by Crippen LogP contribution is 2.19. The zero-order valence-corrected chi connectivity index (χ0v) is 13.7. The van der Waals surface area contributed by atoms with Crippen LogP contribution >= 0.6 is 12.1 Å². The second-order valence-corrected chi connectivity index (χ2v) is 6.28. The van der Waals surface area contributed by atoms with Crippen molar-refractivity contribution in [3.05, 3.63) is 0 Å². The number of morpholine rings is 1. The number of amides is 2. The maximum Gasteiger partial charge on any atom is 0.322 e. The Morgan fingerprint density at radius 2 is 1.76 bits per heavy atom. The van der Waals surface area contributed by atoms with E-state index in [1.807, 2.05) is 4.31 Å². The van der Waals surface area contributed by atoms with Crippen molar-refractivity contribution < 1.29 is 14.3 Å². The number of rotatable bonds is 9. The molecule has 0 unspecified atom stereocenters. The van der Waals surface area contributed by atoms with Crippen LogP contribution in [0.1, 0.15) is 45.4 Å². The molecular weight excluding hydrogens is 290 g/mol. The Labute approximate surface area is 131 Å². The molecule has 1 rings (SSSR count). The van der Waals surface area contributed by atoms with E-state index >= 15 is 0 Å². The third kappa shape index (κ3) is 7.68. The van der Waals surface area contributed by atoms with Gasteiger partial charge in [-0.05, 0) is 6.42 Å². The van der Waals surface area contributed by atoms with Crippen LogP contribution in [0, 0.1) is 0 Å². The van der Waals surface area contributed by atoms with Crippen molar-refractivity contribution in [3.8, 4) is 0 Å². The van der Waals surface area contributed by atoms with Crippen LogP contribution in [0.4, 0.5) is 0 Å². The maximum atomic E-state index is 11.9. The van der Waals surface area contributed by atoms with Crippen molar-refractivity contribution in [2.45, 2.75) is 45.4 Å². The fourth-order valence-corrected chi connectivity index (χ4v) is 3.07. The molecule has 0 spiro atoms. The molecule has 1 aliphatic rings. The largest absolute Gasteiger partial charge is 0.379 e. The summed E-state index contributed by atoms with van der Waals surface area (Å²) < 4.78 is 8.81. The number of nitrogens with zero attached hydrogens (tertiary/aromatic N) is 2. The molecule has 0 atom stereocenters. The summed E-state index contributed by atoms with van der Waals surface area (Å²) in [5.41, 5.74) is 5.13. The molecule has 0 saturated carbocycles. The van der Waals surface area contributed by atoms with Crippen molar-refractivity contribution in [1.82, 2.24) is 8.61 Å². The third-order valence-corrected chi connectivity index (χ3v) is 4.48. The lowest BCUT2D eigenvalue weighted by Gasteiger charge is -2.30. The number of ether oxygens (including phenoxy) is 1. The average Bonchev–Trinajstić information content (AvgIpc) is 2.49. The van der Waals surface area contributed by atoms with Gasteiger partial charge in [-0.1, -0.05) is 39.0 Å². The van der Waals surface area contributed by atoms with E-state index in [2.05, 4.69) is 6.92 Å². The predicted molar refractivity (Wildman–Crippen MR) is 84.3 cm³/mol. The van der Waals surface area contributed by atoms with Gasteiger partial charge in [-0.25, -0.2) is 4.31 Å². The molecule has 0 aromatic rings. The summed E-state index contributed by atoms with van der Waals surface area (Å²) >= 11 is 1.31. The maximum absolute atomic E-state index is 11.9. The first kappa shape index (κ1) is 18.3. The number of hydrogen-bond acceptors (Lipinski definition) is 5. The molecule has 1 heterocycles. The second kappa shape index (κ2) is 10.9. The molecule has 7 heteroatoms. The van der Waals surface area contributed by atoms with E-state index in [-0.39, 0.29) is 0 Å². The molecular formula is C14H27N3O3S. The standard InChI is InChI=1S/C14H27N3O3S/c1-2-3-4-5-6-7-8-17(14(19)13(15)18)21-16-9-11-20-12-10-16/h2-12H2,1H3,(H2,15,18). The molecule has 21 heavy (non-hydrogen) atoms. The highest BCUT2D eigenvalue weighted by Gasteiger charge is 2.23. The monoisotopic (exact) mass is 317 g/mol. The minimum Gasteiger partial charge on any atom is -0.379 e. The summed E-state index contributed by atoms with van der Waals surface area (Å²) in [6.45, 7) is 5.57. The van der Waals surface area contributed by atoms with Crippen LogP contribution < -0.4 is 5.73 Å². The first-order chi connectivity index (χ1) is 10.1. The summed E-state index contributed by atoms with van der Waals surface area (Å²) in [5, 5.41) is 0. The molecule has 6 nitrogen and oxygen atoms in total. The van der Waals surface area contributed by atoms with Gasteiger partial charge in [-0.3, -0.25) is 13.9 Å². The van der Waals surface area contributed by atoms with Gasteiger partial charge in [0.15, 0.2) is 0 Å². The van der Waals surface area contributed by atoms with Crippen LogP contribution in [0.2, 0.25) is 0 Å². The minimum atomic E-state index is -0.887. The summed E-state index contributed by atoms with van der Waals surface area (Å²) in [6, 6.07) is 0. The van der Waals surface area contributed by atoms with Crippen molar-refractivity contribution in [1.29, 1.82) is 0 Å². The molecule has 2 N–H and O–H groups in total. The topological polar surface area (TPSA) is 75.9 Å². The van der Waals surface area contributed by atoms with E-state index in [1.54, 1.807) is 0 Å². The molecule has 122 valence electrons. The van der Waals surface area contributed by atoms with Crippen LogP contribution in [0.25, 0.3) is 0 Å². The van der Waals surface area contributed by atoms with Gasteiger partial charge in [-0.2, -0.15) is 0 Å². The molecule has 1 fully saturated rings. The Hall–Kier alpha value is -0.790. The zero-order chi connectivity index (χ0) is 15.5. The molecule has 0 radical (unpaired) electrons. The van der Waals surface area contributed by atoms with E-state index in [1.165, 1.54) is 42.1 Å². The van der Waals surface area contributed by atoms with E-state index < -0.39 is 11.8 Å². The van der Waals surface area contributed by atoms with Gasteiger partial charge in [0.2, 0.25) is 0 Å². The van der Waals surface area contributed by atoms with Gasteiger partial charge in [0.1, 0.15) is 0 Å². The number of primary amides is 1. The quantitative estimate of drug-likeness (QED) is 0.397. The van der Waals surface area contributed by atoms with Crippen LogP contribution in [-0.2, 0) is 14.3 Å². The van der Waals surface area contributed by atoms with E-state index in [4.69, 9.17) is 10.5 Å². The number of nitrogens with two attached hydrogens (primary N) is 1. The van der Waals surface area contributed by atoms with E-state index in [9.17, 15) is 9.59 Å². The molecule has 0 aromatic carbocycles. The van der Waals surface area contributed by atoms with Gasteiger partial charge in [-0.15, -0.1) is 0 Å². The highest BCUT2D eigenvalue weighted by molar-refractivity contribution is 7.95. The van der Waals surface area contributed by atoms with Crippen molar-refractivity contribution in [3.63, 3.8) is 0 Å². The Bertz CT molecular complexity index is 323.